The van der Waals surface area contributed by atoms with Crippen molar-refractivity contribution < 1.29 is 17.7 Å². The van der Waals surface area contributed by atoms with Crippen LogP contribution in [0, 0.1) is 0 Å². The molecule has 5 nitrogen and oxygen atoms in total. The molecule has 0 aromatic carbocycles. The summed E-state index contributed by atoms with van der Waals surface area (Å²) in [7, 11) is -6.78. The molecule has 0 fully saturated rings. The third-order valence-corrected chi connectivity index (χ3v) is 9.32. The molecular weight excluding hydrogens is 491 g/mol. The number of nitrogens with zero attached hydrogens (tertiary/aromatic N) is 1. The molecule has 1 heterocycles. The minimum atomic E-state index is -1.70. The van der Waals surface area contributed by atoms with Gasteiger partial charge < -0.3 is 17.7 Å². The molecule has 1 rings (SSSR count). The van der Waals surface area contributed by atoms with Gasteiger partial charge in [-0.2, -0.15) is 0 Å². The number of hydrogen-bond acceptors (Lipinski definition) is 5. The van der Waals surface area contributed by atoms with E-state index in [1.165, 1.54) is 0 Å². The van der Waals surface area contributed by atoms with Crippen LogP contribution in [0.2, 0.25) is 78.6 Å². The van der Waals surface area contributed by atoms with Crippen molar-refractivity contribution in [3.63, 3.8) is 0 Å². The van der Waals surface area contributed by atoms with Crippen LogP contribution in [0.15, 0.2) is 18.2 Å². The van der Waals surface area contributed by atoms with Gasteiger partial charge in [0.05, 0.1) is 22.2 Å². The van der Waals surface area contributed by atoms with E-state index in [-0.39, 0.29) is 10.8 Å². The van der Waals surface area contributed by atoms with E-state index in [1.54, 1.807) is 0 Å². The second-order valence-electron chi connectivity index (χ2n) is 14.1. The summed E-state index contributed by atoms with van der Waals surface area (Å²) in [5, 5.41) is 0. The highest BCUT2D eigenvalue weighted by atomic mass is 28.4. The Labute approximate surface area is 214 Å². The molecule has 0 bridgehead atoms. The standard InChI is InChI=1S/C25H53NO4Si4/c1-24(18-27-31(3,4)5,19-28-32(6,7)8)22-16-15-17-23(26-22)25(2,20-29-33(9,10)11)21-30-34(12,13)14/h15-17H,18-21H2,1-14H3. The van der Waals surface area contributed by atoms with E-state index in [4.69, 9.17) is 22.7 Å². The van der Waals surface area contributed by atoms with Crippen LogP contribution in [0.3, 0.4) is 0 Å². The lowest BCUT2D eigenvalue weighted by molar-refractivity contribution is 0.137. The van der Waals surface area contributed by atoms with Crippen molar-refractivity contribution in [2.45, 2.75) is 103 Å². The summed E-state index contributed by atoms with van der Waals surface area (Å²) in [6, 6.07) is 6.38. The first-order valence-corrected chi connectivity index (χ1v) is 26.2. The molecule has 0 aliphatic heterocycles. The van der Waals surface area contributed by atoms with Crippen LogP contribution in [-0.2, 0) is 28.5 Å². The molecule has 1 aromatic rings. The molecular formula is C25H53NO4Si4. The number of rotatable bonds is 14. The van der Waals surface area contributed by atoms with Crippen molar-refractivity contribution >= 4 is 33.3 Å². The summed E-state index contributed by atoms with van der Waals surface area (Å²) in [5.74, 6) is 0. The smallest absolute Gasteiger partial charge is 0.183 e. The number of aromatic nitrogens is 1. The van der Waals surface area contributed by atoms with Crippen LogP contribution >= 0.6 is 0 Å². The van der Waals surface area contributed by atoms with Crippen LogP contribution in [0.25, 0.3) is 0 Å². The first-order chi connectivity index (χ1) is 15.0. The van der Waals surface area contributed by atoms with E-state index in [0.717, 1.165) is 11.4 Å². The van der Waals surface area contributed by atoms with Gasteiger partial charge in [0.1, 0.15) is 0 Å². The van der Waals surface area contributed by atoms with Gasteiger partial charge in [-0.15, -0.1) is 0 Å². The first kappa shape index (κ1) is 31.9. The SMILES string of the molecule is CC(CO[Si](C)(C)C)(CO[Si](C)(C)C)c1cccc(C(C)(CO[Si](C)(C)C)CO[Si](C)(C)C)n1. The summed E-state index contributed by atoms with van der Waals surface area (Å²) in [6.45, 7) is 33.7. The van der Waals surface area contributed by atoms with E-state index < -0.39 is 33.3 Å². The third-order valence-electron chi connectivity index (χ3n) is 5.28. The van der Waals surface area contributed by atoms with E-state index in [0.29, 0.717) is 26.4 Å². The largest absolute Gasteiger partial charge is 0.417 e. The zero-order valence-electron chi connectivity index (χ0n) is 24.6. The Morgan fingerprint density at radius 2 is 0.765 bits per heavy atom. The van der Waals surface area contributed by atoms with Crippen molar-refractivity contribution in [2.75, 3.05) is 26.4 Å². The lowest BCUT2D eigenvalue weighted by atomic mass is 9.85. The molecule has 198 valence electrons. The van der Waals surface area contributed by atoms with Crippen molar-refractivity contribution in [3.8, 4) is 0 Å². The van der Waals surface area contributed by atoms with Gasteiger partial charge in [-0.25, -0.2) is 0 Å². The Bertz CT molecular complexity index is 680. The van der Waals surface area contributed by atoms with Crippen molar-refractivity contribution in [2.24, 2.45) is 0 Å². The van der Waals surface area contributed by atoms with E-state index in [1.807, 2.05) is 0 Å². The zero-order chi connectivity index (χ0) is 26.6. The van der Waals surface area contributed by atoms with Crippen LogP contribution in [0.5, 0.6) is 0 Å². The van der Waals surface area contributed by atoms with Crippen LogP contribution in [0.4, 0.5) is 0 Å². The summed E-state index contributed by atoms with van der Waals surface area (Å²) >= 11 is 0. The quantitative estimate of drug-likeness (QED) is 0.236. The Morgan fingerprint density at radius 3 is 0.971 bits per heavy atom. The van der Waals surface area contributed by atoms with Gasteiger partial charge in [0, 0.05) is 26.4 Å². The van der Waals surface area contributed by atoms with E-state index >= 15 is 0 Å². The zero-order valence-corrected chi connectivity index (χ0v) is 28.6. The molecule has 0 saturated carbocycles. The molecule has 0 aliphatic rings. The van der Waals surface area contributed by atoms with Gasteiger partial charge in [0.25, 0.3) is 0 Å². The highest BCUT2D eigenvalue weighted by Gasteiger charge is 2.37. The molecule has 0 aliphatic carbocycles. The average Bonchev–Trinajstić information content (AvgIpc) is 2.66. The molecule has 0 radical (unpaired) electrons. The summed E-state index contributed by atoms with van der Waals surface area (Å²) in [4.78, 5) is 5.26. The Kier molecular flexibility index (Phi) is 10.8. The monoisotopic (exact) mass is 543 g/mol. The van der Waals surface area contributed by atoms with Crippen LogP contribution in [-0.4, -0.2) is 64.7 Å². The van der Waals surface area contributed by atoms with Crippen molar-refractivity contribution in [1.82, 2.24) is 4.98 Å². The fourth-order valence-electron chi connectivity index (χ4n) is 2.99. The molecule has 0 atom stereocenters. The lowest BCUT2D eigenvalue weighted by Crippen LogP contribution is -2.44. The fraction of sp³-hybridized carbons (Fsp3) is 0.800. The summed E-state index contributed by atoms with van der Waals surface area (Å²) in [5.41, 5.74) is 1.40. The molecule has 0 amide bonds. The second-order valence-corrected chi connectivity index (χ2v) is 32.2. The Balaban J connectivity index is 3.41. The van der Waals surface area contributed by atoms with Crippen LogP contribution in [0.1, 0.15) is 25.2 Å². The minimum absolute atomic E-state index is 0.323. The molecule has 34 heavy (non-hydrogen) atoms. The topological polar surface area (TPSA) is 49.8 Å². The number of hydrogen-bond donors (Lipinski definition) is 0. The average molecular weight is 544 g/mol. The maximum Gasteiger partial charge on any atom is 0.183 e. The van der Waals surface area contributed by atoms with Crippen molar-refractivity contribution in [3.05, 3.63) is 29.6 Å². The van der Waals surface area contributed by atoms with Gasteiger partial charge in [0.15, 0.2) is 33.3 Å². The van der Waals surface area contributed by atoms with E-state index in [9.17, 15) is 0 Å². The van der Waals surface area contributed by atoms with Gasteiger partial charge in [0.2, 0.25) is 0 Å². The fourth-order valence-corrected chi connectivity index (χ4v) is 6.00. The third kappa shape index (κ3) is 12.2. The molecule has 0 saturated heterocycles. The maximum atomic E-state index is 6.42. The first-order valence-electron chi connectivity index (χ1n) is 12.6. The van der Waals surface area contributed by atoms with Gasteiger partial charge in [-0.05, 0) is 105 Å². The lowest BCUT2D eigenvalue weighted by Gasteiger charge is -2.37. The Hall–Kier alpha value is -0.142. The molecule has 0 N–H and O–H groups in total. The highest BCUT2D eigenvalue weighted by molar-refractivity contribution is 6.70. The predicted octanol–water partition coefficient (Wildman–Crippen LogP) is 7.00. The van der Waals surface area contributed by atoms with Crippen LogP contribution < -0.4 is 0 Å². The maximum absolute atomic E-state index is 6.42. The minimum Gasteiger partial charge on any atom is -0.417 e. The van der Waals surface area contributed by atoms with E-state index in [2.05, 4.69) is 111 Å². The molecule has 1 aromatic heterocycles. The summed E-state index contributed by atoms with van der Waals surface area (Å²) in [6.07, 6.45) is 0. The van der Waals surface area contributed by atoms with Gasteiger partial charge >= 0.3 is 0 Å². The number of pyridine rings is 1. The Morgan fingerprint density at radius 1 is 0.529 bits per heavy atom. The normalized spacial score (nSPS) is 14.5. The second kappa shape index (κ2) is 11.5. The molecule has 9 heteroatoms. The van der Waals surface area contributed by atoms with Gasteiger partial charge in [-0.1, -0.05) is 6.07 Å². The molecule has 0 unspecified atom stereocenters. The highest BCUT2D eigenvalue weighted by Crippen LogP contribution is 2.31. The predicted molar refractivity (Wildman–Crippen MR) is 156 cm³/mol. The summed E-state index contributed by atoms with van der Waals surface area (Å²) < 4.78 is 25.7. The molecule has 0 spiro atoms. The van der Waals surface area contributed by atoms with Gasteiger partial charge in [-0.3, -0.25) is 4.98 Å². The van der Waals surface area contributed by atoms with Crippen molar-refractivity contribution in [1.29, 1.82) is 0 Å².